The minimum absolute atomic E-state index is 0.111. The van der Waals surface area contributed by atoms with Crippen LogP contribution in [0.3, 0.4) is 0 Å². The number of pyridine rings is 1. The quantitative estimate of drug-likeness (QED) is 0.737. The van der Waals surface area contributed by atoms with Gasteiger partial charge in [-0.05, 0) is 47.5 Å². The number of carbonyl (C=O) groups excluding carboxylic acids is 1. The van der Waals surface area contributed by atoms with Gasteiger partial charge in [-0.3, -0.25) is 9.78 Å². The summed E-state index contributed by atoms with van der Waals surface area (Å²) in [6, 6.07) is 7.51. The molecule has 110 valence electrons. The van der Waals surface area contributed by atoms with Gasteiger partial charge in [0.1, 0.15) is 0 Å². The summed E-state index contributed by atoms with van der Waals surface area (Å²) < 4.78 is 6.02. The van der Waals surface area contributed by atoms with Gasteiger partial charge in [0.25, 0.3) is 0 Å². The third kappa shape index (κ3) is 4.55. The Kier molecular flexibility index (Phi) is 5.37. The van der Waals surface area contributed by atoms with Crippen molar-refractivity contribution in [3.8, 4) is 11.1 Å². The van der Waals surface area contributed by atoms with E-state index in [1.165, 1.54) is 0 Å². The van der Waals surface area contributed by atoms with E-state index < -0.39 is 0 Å². The van der Waals surface area contributed by atoms with Crippen LogP contribution in [0.5, 0.6) is 0 Å². The average molecular weight is 369 g/mol. The van der Waals surface area contributed by atoms with Crippen LogP contribution in [0.25, 0.3) is 11.1 Å². The lowest BCUT2D eigenvalue weighted by molar-refractivity contribution is -0.146. The first-order chi connectivity index (χ1) is 9.95. The molecule has 2 aromatic rings. The highest BCUT2D eigenvalue weighted by Gasteiger charge is 2.10. The van der Waals surface area contributed by atoms with Gasteiger partial charge in [-0.15, -0.1) is 0 Å². The molecule has 1 heterocycles. The lowest BCUT2D eigenvalue weighted by Gasteiger charge is -2.09. The molecular weight excluding hydrogens is 354 g/mol. The van der Waals surface area contributed by atoms with Crippen molar-refractivity contribution in [1.29, 1.82) is 0 Å². The number of rotatable bonds is 4. The first kappa shape index (κ1) is 16.0. The van der Waals surface area contributed by atoms with E-state index in [0.717, 1.165) is 21.2 Å². The van der Waals surface area contributed by atoms with Gasteiger partial charge >= 0.3 is 5.97 Å². The van der Waals surface area contributed by atoms with Crippen molar-refractivity contribution in [1.82, 2.24) is 4.98 Å². The molecule has 0 unspecified atom stereocenters. The van der Waals surface area contributed by atoms with Gasteiger partial charge in [0, 0.05) is 33.0 Å². The second kappa shape index (κ2) is 7.05. The van der Waals surface area contributed by atoms with Gasteiger partial charge < -0.3 is 4.74 Å². The van der Waals surface area contributed by atoms with Gasteiger partial charge in [-0.25, -0.2) is 0 Å². The minimum atomic E-state index is -0.252. The molecule has 0 atom stereocenters. The Morgan fingerprint density at radius 3 is 2.71 bits per heavy atom. The number of ether oxygens (including phenoxy) is 1. The predicted octanol–water partition coefficient (Wildman–Crippen LogP) is 4.66. The third-order valence-corrected chi connectivity index (χ3v) is 3.51. The van der Waals surface area contributed by atoms with E-state index in [9.17, 15) is 4.79 Å². The maximum Gasteiger partial charge on any atom is 0.310 e. The average Bonchev–Trinajstić information content (AvgIpc) is 2.37. The summed E-state index contributed by atoms with van der Waals surface area (Å²) in [7, 11) is 0. The molecule has 0 saturated carbocycles. The molecule has 5 heteroatoms. The molecule has 0 fully saturated rings. The van der Waals surface area contributed by atoms with Crippen LogP contribution in [0.4, 0.5) is 0 Å². The Morgan fingerprint density at radius 1 is 1.33 bits per heavy atom. The van der Waals surface area contributed by atoms with E-state index in [1.54, 1.807) is 18.5 Å². The topological polar surface area (TPSA) is 39.2 Å². The SMILES string of the molecule is CC(C)OC(=O)Cc1ccc(-c2cncc(Br)c2)c(Cl)c1. The van der Waals surface area contributed by atoms with Gasteiger partial charge in [-0.1, -0.05) is 23.7 Å². The molecule has 0 aliphatic heterocycles. The molecule has 0 spiro atoms. The molecule has 1 aromatic heterocycles. The van der Waals surface area contributed by atoms with Gasteiger partial charge in [0.05, 0.1) is 12.5 Å². The summed E-state index contributed by atoms with van der Waals surface area (Å²) in [5.41, 5.74) is 2.63. The predicted molar refractivity (Wildman–Crippen MR) is 87.3 cm³/mol. The molecule has 0 bridgehead atoms. The van der Waals surface area contributed by atoms with E-state index in [2.05, 4.69) is 20.9 Å². The fourth-order valence-electron chi connectivity index (χ4n) is 1.93. The molecule has 1 aromatic carbocycles. The zero-order chi connectivity index (χ0) is 15.4. The van der Waals surface area contributed by atoms with Gasteiger partial charge in [0.2, 0.25) is 0 Å². The van der Waals surface area contributed by atoms with E-state index in [-0.39, 0.29) is 18.5 Å². The van der Waals surface area contributed by atoms with Crippen molar-refractivity contribution in [3.05, 3.63) is 51.7 Å². The summed E-state index contributed by atoms with van der Waals surface area (Å²) in [4.78, 5) is 15.8. The number of hydrogen-bond donors (Lipinski definition) is 0. The summed E-state index contributed by atoms with van der Waals surface area (Å²) in [5.74, 6) is -0.252. The van der Waals surface area contributed by atoms with Crippen LogP contribution in [-0.2, 0) is 16.0 Å². The van der Waals surface area contributed by atoms with Crippen molar-refractivity contribution >= 4 is 33.5 Å². The Balaban J connectivity index is 2.20. The molecule has 2 rings (SSSR count). The number of carbonyl (C=O) groups is 1. The second-order valence-corrected chi connectivity index (χ2v) is 6.24. The number of aromatic nitrogens is 1. The third-order valence-electron chi connectivity index (χ3n) is 2.76. The van der Waals surface area contributed by atoms with E-state index in [1.807, 2.05) is 32.0 Å². The fraction of sp³-hybridized carbons (Fsp3) is 0.250. The Labute approximate surface area is 137 Å². The van der Waals surface area contributed by atoms with Crippen molar-refractivity contribution in [2.45, 2.75) is 26.4 Å². The van der Waals surface area contributed by atoms with Crippen LogP contribution in [0.15, 0.2) is 41.1 Å². The maximum atomic E-state index is 11.7. The summed E-state index contributed by atoms with van der Waals surface area (Å²) in [5, 5.41) is 0.588. The zero-order valence-corrected chi connectivity index (χ0v) is 14.1. The molecule has 0 saturated heterocycles. The van der Waals surface area contributed by atoms with Crippen LogP contribution < -0.4 is 0 Å². The molecule has 0 aliphatic rings. The summed E-state index contributed by atoms with van der Waals surface area (Å²) >= 11 is 9.70. The van der Waals surface area contributed by atoms with E-state index in [0.29, 0.717) is 5.02 Å². The summed E-state index contributed by atoms with van der Waals surface area (Å²) in [6.45, 7) is 3.66. The zero-order valence-electron chi connectivity index (χ0n) is 11.8. The first-order valence-electron chi connectivity index (χ1n) is 6.54. The number of nitrogens with zero attached hydrogens (tertiary/aromatic N) is 1. The fourth-order valence-corrected chi connectivity index (χ4v) is 2.61. The molecule has 0 radical (unpaired) electrons. The number of esters is 1. The highest BCUT2D eigenvalue weighted by Crippen LogP contribution is 2.30. The molecule has 0 N–H and O–H groups in total. The molecular formula is C16H15BrClNO2. The molecule has 0 amide bonds. The monoisotopic (exact) mass is 367 g/mol. The lowest BCUT2D eigenvalue weighted by atomic mass is 10.0. The Morgan fingerprint density at radius 2 is 2.10 bits per heavy atom. The van der Waals surface area contributed by atoms with Crippen LogP contribution in [0.2, 0.25) is 5.02 Å². The van der Waals surface area contributed by atoms with Crippen molar-refractivity contribution < 1.29 is 9.53 Å². The maximum absolute atomic E-state index is 11.7. The molecule has 0 aliphatic carbocycles. The highest BCUT2D eigenvalue weighted by molar-refractivity contribution is 9.10. The normalized spacial score (nSPS) is 10.7. The van der Waals surface area contributed by atoms with E-state index >= 15 is 0 Å². The van der Waals surface area contributed by atoms with Crippen LogP contribution in [0, 0.1) is 0 Å². The Bertz CT molecular complexity index is 658. The van der Waals surface area contributed by atoms with Crippen LogP contribution in [-0.4, -0.2) is 17.1 Å². The standard InChI is InChI=1S/C16H15BrClNO2/c1-10(2)21-16(20)6-11-3-4-14(15(18)5-11)12-7-13(17)9-19-8-12/h3-5,7-10H,6H2,1-2H3. The minimum Gasteiger partial charge on any atom is -0.463 e. The number of hydrogen-bond acceptors (Lipinski definition) is 3. The molecule has 21 heavy (non-hydrogen) atoms. The van der Waals surface area contributed by atoms with Crippen molar-refractivity contribution in [3.63, 3.8) is 0 Å². The smallest absolute Gasteiger partial charge is 0.310 e. The highest BCUT2D eigenvalue weighted by atomic mass is 79.9. The molecule has 3 nitrogen and oxygen atoms in total. The summed E-state index contributed by atoms with van der Waals surface area (Å²) in [6.07, 6.45) is 3.57. The number of halogens is 2. The van der Waals surface area contributed by atoms with Crippen LogP contribution in [0.1, 0.15) is 19.4 Å². The number of benzene rings is 1. The lowest BCUT2D eigenvalue weighted by Crippen LogP contribution is -2.13. The van der Waals surface area contributed by atoms with Gasteiger partial charge in [0.15, 0.2) is 0 Å². The second-order valence-electron chi connectivity index (χ2n) is 4.92. The van der Waals surface area contributed by atoms with Crippen LogP contribution >= 0.6 is 27.5 Å². The van der Waals surface area contributed by atoms with Crippen molar-refractivity contribution in [2.24, 2.45) is 0 Å². The van der Waals surface area contributed by atoms with E-state index in [4.69, 9.17) is 16.3 Å². The largest absolute Gasteiger partial charge is 0.463 e. The Hall–Kier alpha value is -1.39. The van der Waals surface area contributed by atoms with Gasteiger partial charge in [-0.2, -0.15) is 0 Å². The first-order valence-corrected chi connectivity index (χ1v) is 7.71. The van der Waals surface area contributed by atoms with Crippen molar-refractivity contribution in [2.75, 3.05) is 0 Å².